The number of hydrogen-bond donors (Lipinski definition) is 2. The third-order valence-electron chi connectivity index (χ3n) is 2.35. The number of amides is 1. The van der Waals surface area contributed by atoms with Gasteiger partial charge in [-0.25, -0.2) is 0 Å². The lowest BCUT2D eigenvalue weighted by atomic mass is 10.3. The minimum Gasteiger partial charge on any atom is -0.497 e. The lowest BCUT2D eigenvalue weighted by Gasteiger charge is -2.06. The van der Waals surface area contributed by atoms with Crippen molar-refractivity contribution in [2.45, 2.75) is 6.54 Å². The van der Waals surface area contributed by atoms with Crippen molar-refractivity contribution in [1.82, 2.24) is 15.5 Å². The molecule has 0 spiro atoms. The van der Waals surface area contributed by atoms with E-state index in [1.54, 1.807) is 31.4 Å². The van der Waals surface area contributed by atoms with Crippen molar-refractivity contribution >= 4 is 11.6 Å². The van der Waals surface area contributed by atoms with Gasteiger partial charge >= 0.3 is 0 Å². The third kappa shape index (κ3) is 4.07. The van der Waals surface area contributed by atoms with Gasteiger partial charge in [0.25, 0.3) is 0 Å². The van der Waals surface area contributed by atoms with Gasteiger partial charge < -0.3 is 19.9 Å². The maximum absolute atomic E-state index is 11.6. The molecule has 0 bridgehead atoms. The highest BCUT2D eigenvalue weighted by molar-refractivity contribution is 5.92. The molecule has 1 aromatic carbocycles. The van der Waals surface area contributed by atoms with Crippen LogP contribution in [0.25, 0.3) is 0 Å². The lowest BCUT2D eigenvalue weighted by molar-refractivity contribution is -0.115. The molecule has 1 aromatic heterocycles. The average Bonchev–Trinajstić information content (AvgIpc) is 2.93. The summed E-state index contributed by atoms with van der Waals surface area (Å²) in [4.78, 5) is 15.5. The molecule has 7 nitrogen and oxygen atoms in total. The highest BCUT2D eigenvalue weighted by Gasteiger charge is 2.03. The number of methoxy groups -OCH3 is 1. The van der Waals surface area contributed by atoms with Crippen LogP contribution < -0.4 is 15.4 Å². The summed E-state index contributed by atoms with van der Waals surface area (Å²) >= 11 is 0. The van der Waals surface area contributed by atoms with Crippen molar-refractivity contribution in [2.24, 2.45) is 0 Å². The monoisotopic (exact) mass is 262 g/mol. The number of anilines is 1. The number of nitrogens with zero attached hydrogens (tertiary/aromatic N) is 2. The first-order chi connectivity index (χ1) is 9.28. The normalized spacial score (nSPS) is 10.2. The molecule has 0 aliphatic carbocycles. The van der Waals surface area contributed by atoms with Crippen LogP contribution in [-0.2, 0) is 11.3 Å². The van der Waals surface area contributed by atoms with E-state index in [9.17, 15) is 4.79 Å². The van der Waals surface area contributed by atoms with Gasteiger partial charge in [0.05, 0.1) is 20.2 Å². The van der Waals surface area contributed by atoms with Gasteiger partial charge in [-0.05, 0) is 24.3 Å². The molecule has 2 rings (SSSR count). The van der Waals surface area contributed by atoms with Crippen LogP contribution in [0.3, 0.4) is 0 Å². The SMILES string of the molecule is COc1ccc(NC(=O)CNCc2ncon2)cc1. The molecule has 0 fully saturated rings. The van der Waals surface area contributed by atoms with Gasteiger partial charge in [-0.2, -0.15) is 4.98 Å². The van der Waals surface area contributed by atoms with Crippen LogP contribution in [0.4, 0.5) is 5.69 Å². The number of carbonyl (C=O) groups excluding carboxylic acids is 1. The van der Waals surface area contributed by atoms with Crippen LogP contribution in [0.5, 0.6) is 5.75 Å². The van der Waals surface area contributed by atoms with Crippen molar-refractivity contribution in [3.63, 3.8) is 0 Å². The van der Waals surface area contributed by atoms with Crippen LogP contribution in [0.15, 0.2) is 35.2 Å². The maximum atomic E-state index is 11.6. The Morgan fingerprint density at radius 3 is 2.79 bits per heavy atom. The minimum atomic E-state index is -0.145. The summed E-state index contributed by atoms with van der Waals surface area (Å²) in [6.45, 7) is 0.549. The van der Waals surface area contributed by atoms with E-state index >= 15 is 0 Å². The van der Waals surface area contributed by atoms with E-state index in [0.717, 1.165) is 5.75 Å². The fraction of sp³-hybridized carbons (Fsp3) is 0.250. The lowest BCUT2D eigenvalue weighted by Crippen LogP contribution is -2.28. The zero-order valence-corrected chi connectivity index (χ0v) is 10.4. The number of carbonyl (C=O) groups is 1. The van der Waals surface area contributed by atoms with Crippen LogP contribution in [0.1, 0.15) is 5.82 Å². The molecular weight excluding hydrogens is 248 g/mol. The Hall–Kier alpha value is -2.41. The zero-order valence-electron chi connectivity index (χ0n) is 10.4. The predicted molar refractivity (Wildman–Crippen MR) is 67.6 cm³/mol. The first kappa shape index (κ1) is 13.0. The van der Waals surface area contributed by atoms with Crippen molar-refractivity contribution in [3.05, 3.63) is 36.5 Å². The van der Waals surface area contributed by atoms with Gasteiger partial charge in [0.15, 0.2) is 5.82 Å². The molecule has 2 N–H and O–H groups in total. The molecule has 0 aliphatic heterocycles. The molecular formula is C12H14N4O3. The standard InChI is InChI=1S/C12H14N4O3/c1-18-10-4-2-9(3-5-10)15-12(17)7-13-6-11-14-8-19-16-11/h2-5,8,13H,6-7H2,1H3,(H,15,17). The van der Waals surface area contributed by atoms with E-state index in [1.807, 2.05) is 0 Å². The van der Waals surface area contributed by atoms with E-state index in [-0.39, 0.29) is 12.5 Å². The maximum Gasteiger partial charge on any atom is 0.238 e. The van der Waals surface area contributed by atoms with Gasteiger partial charge in [0.2, 0.25) is 12.3 Å². The average molecular weight is 262 g/mol. The quantitative estimate of drug-likeness (QED) is 0.800. The summed E-state index contributed by atoms with van der Waals surface area (Å²) in [5.74, 6) is 1.11. The molecule has 0 atom stereocenters. The second-order valence-electron chi connectivity index (χ2n) is 3.73. The van der Waals surface area contributed by atoms with Crippen LogP contribution >= 0.6 is 0 Å². The molecule has 0 saturated heterocycles. The number of rotatable bonds is 6. The smallest absolute Gasteiger partial charge is 0.238 e. The van der Waals surface area contributed by atoms with Crippen LogP contribution in [0, 0.1) is 0 Å². The molecule has 1 amide bonds. The summed E-state index contributed by atoms with van der Waals surface area (Å²) in [5, 5.41) is 9.28. The van der Waals surface area contributed by atoms with Crippen molar-refractivity contribution in [2.75, 3.05) is 19.0 Å². The molecule has 19 heavy (non-hydrogen) atoms. The molecule has 0 radical (unpaired) electrons. The zero-order chi connectivity index (χ0) is 13.5. The van der Waals surface area contributed by atoms with Crippen molar-refractivity contribution in [3.8, 4) is 5.75 Å². The topological polar surface area (TPSA) is 89.3 Å². The summed E-state index contributed by atoms with van der Waals surface area (Å²) in [6, 6.07) is 7.11. The van der Waals surface area contributed by atoms with Gasteiger partial charge in [0, 0.05) is 5.69 Å². The second-order valence-corrected chi connectivity index (χ2v) is 3.73. The highest BCUT2D eigenvalue weighted by Crippen LogP contribution is 2.14. The van der Waals surface area contributed by atoms with Gasteiger partial charge in [-0.1, -0.05) is 5.16 Å². The van der Waals surface area contributed by atoms with Crippen molar-refractivity contribution in [1.29, 1.82) is 0 Å². The number of hydrogen-bond acceptors (Lipinski definition) is 6. The summed E-state index contributed by atoms with van der Waals surface area (Å²) in [5.41, 5.74) is 0.715. The first-order valence-corrected chi connectivity index (χ1v) is 5.68. The fourth-order valence-electron chi connectivity index (χ4n) is 1.44. The Balaban J connectivity index is 1.74. The van der Waals surface area contributed by atoms with Gasteiger partial charge in [-0.3, -0.25) is 4.79 Å². The fourth-order valence-corrected chi connectivity index (χ4v) is 1.44. The second kappa shape index (κ2) is 6.50. The van der Waals surface area contributed by atoms with E-state index in [4.69, 9.17) is 4.74 Å². The third-order valence-corrected chi connectivity index (χ3v) is 2.35. The summed E-state index contributed by atoms with van der Waals surface area (Å²) in [6.07, 6.45) is 1.24. The predicted octanol–water partition coefficient (Wildman–Crippen LogP) is 0.806. The molecule has 2 aromatic rings. The Labute approximate surface area is 110 Å². The summed E-state index contributed by atoms with van der Waals surface area (Å²) in [7, 11) is 1.59. The molecule has 7 heteroatoms. The molecule has 1 heterocycles. The number of nitrogens with one attached hydrogen (secondary N) is 2. The Morgan fingerprint density at radius 1 is 1.37 bits per heavy atom. The summed E-state index contributed by atoms with van der Waals surface area (Å²) < 4.78 is 9.61. The van der Waals surface area contributed by atoms with E-state index in [2.05, 4.69) is 25.3 Å². The molecule has 0 unspecified atom stereocenters. The number of ether oxygens (including phenoxy) is 1. The van der Waals surface area contributed by atoms with E-state index in [1.165, 1.54) is 6.39 Å². The van der Waals surface area contributed by atoms with Crippen molar-refractivity contribution < 1.29 is 14.1 Å². The Bertz CT molecular complexity index is 510. The molecule has 0 saturated carbocycles. The highest BCUT2D eigenvalue weighted by atomic mass is 16.5. The molecule has 100 valence electrons. The van der Waals surface area contributed by atoms with E-state index < -0.39 is 0 Å². The van der Waals surface area contributed by atoms with Crippen LogP contribution in [-0.4, -0.2) is 29.7 Å². The number of benzene rings is 1. The first-order valence-electron chi connectivity index (χ1n) is 5.68. The number of aromatic nitrogens is 2. The van der Waals surface area contributed by atoms with Gasteiger partial charge in [0.1, 0.15) is 5.75 Å². The van der Waals surface area contributed by atoms with Gasteiger partial charge in [-0.15, -0.1) is 0 Å². The Kier molecular flexibility index (Phi) is 4.46. The molecule has 0 aliphatic rings. The minimum absolute atomic E-state index is 0.145. The van der Waals surface area contributed by atoms with E-state index in [0.29, 0.717) is 18.1 Å². The largest absolute Gasteiger partial charge is 0.497 e. The Morgan fingerprint density at radius 2 is 2.16 bits per heavy atom. The van der Waals surface area contributed by atoms with Crippen LogP contribution in [0.2, 0.25) is 0 Å².